The summed E-state index contributed by atoms with van der Waals surface area (Å²) in [6.07, 6.45) is 4.83. The number of hydrogen-bond acceptors (Lipinski definition) is 1. The molecule has 0 heterocycles. The van der Waals surface area contributed by atoms with Crippen LogP contribution < -0.4 is 5.32 Å². The molecule has 0 aromatic heterocycles. The Bertz CT molecular complexity index is 452. The van der Waals surface area contributed by atoms with Gasteiger partial charge < -0.3 is 5.32 Å². The number of nitrogens with one attached hydrogen (secondary N) is 1. The molecule has 1 saturated carbocycles. The van der Waals surface area contributed by atoms with Gasteiger partial charge in [-0.05, 0) is 53.7 Å². The Kier molecular flexibility index (Phi) is 5.27. The van der Waals surface area contributed by atoms with Crippen LogP contribution in [0.25, 0.3) is 0 Å². The molecule has 0 amide bonds. The van der Waals surface area contributed by atoms with E-state index in [2.05, 4.69) is 28.2 Å². The van der Waals surface area contributed by atoms with Crippen LogP contribution in [-0.4, -0.2) is 7.05 Å². The Hall–Kier alpha value is -0.120. The van der Waals surface area contributed by atoms with Crippen molar-refractivity contribution >= 4 is 27.5 Å². The topological polar surface area (TPSA) is 12.0 Å². The molecule has 1 aromatic rings. The van der Waals surface area contributed by atoms with Gasteiger partial charge in [-0.1, -0.05) is 37.4 Å². The molecule has 0 radical (unpaired) electrons. The molecule has 2 rings (SSSR count). The molecular weight excluding hydrogens is 329 g/mol. The van der Waals surface area contributed by atoms with E-state index in [1.54, 1.807) is 0 Å². The van der Waals surface area contributed by atoms with Crippen molar-refractivity contribution in [3.8, 4) is 0 Å². The van der Waals surface area contributed by atoms with Crippen LogP contribution in [0.2, 0.25) is 5.02 Å². The van der Waals surface area contributed by atoms with Crippen LogP contribution in [0.1, 0.15) is 44.2 Å². The monoisotopic (exact) mass is 347 g/mol. The summed E-state index contributed by atoms with van der Waals surface area (Å²) < 4.78 is 15.0. The number of hydrogen-bond donors (Lipinski definition) is 1. The fraction of sp³-hybridized carbons (Fsp3) is 0.600. The van der Waals surface area contributed by atoms with Crippen LogP contribution in [0.5, 0.6) is 0 Å². The summed E-state index contributed by atoms with van der Waals surface area (Å²) in [5, 5.41) is 3.46. The van der Waals surface area contributed by atoms with Gasteiger partial charge in [0.25, 0.3) is 0 Å². The molecule has 0 saturated heterocycles. The lowest BCUT2D eigenvalue weighted by Gasteiger charge is -2.33. The molecule has 1 fully saturated rings. The highest BCUT2D eigenvalue weighted by molar-refractivity contribution is 9.10. The first kappa shape index (κ1) is 15.3. The van der Waals surface area contributed by atoms with Crippen molar-refractivity contribution in [2.24, 2.45) is 11.8 Å². The zero-order chi connectivity index (χ0) is 14.0. The Morgan fingerprint density at radius 1 is 1.42 bits per heavy atom. The molecule has 1 aromatic carbocycles. The number of halogens is 3. The Balaban J connectivity index is 2.29. The highest BCUT2D eigenvalue weighted by atomic mass is 79.9. The second-order valence-corrected chi connectivity index (χ2v) is 6.80. The van der Waals surface area contributed by atoms with Gasteiger partial charge in [-0.2, -0.15) is 0 Å². The van der Waals surface area contributed by atoms with Crippen LogP contribution in [-0.2, 0) is 0 Å². The van der Waals surface area contributed by atoms with Crippen LogP contribution >= 0.6 is 27.5 Å². The van der Waals surface area contributed by atoms with Gasteiger partial charge in [0.2, 0.25) is 0 Å². The minimum Gasteiger partial charge on any atom is -0.313 e. The molecule has 1 N–H and O–H groups in total. The van der Waals surface area contributed by atoms with Crippen molar-refractivity contribution in [1.29, 1.82) is 0 Å². The van der Waals surface area contributed by atoms with Crippen LogP contribution in [0, 0.1) is 17.7 Å². The minimum atomic E-state index is -0.298. The predicted octanol–water partition coefficient (Wildman–Crippen LogP) is 5.33. The van der Waals surface area contributed by atoms with Gasteiger partial charge in [0.05, 0.1) is 5.02 Å². The molecule has 0 aliphatic heterocycles. The first-order valence-electron chi connectivity index (χ1n) is 6.85. The molecule has 3 atom stereocenters. The smallest absolute Gasteiger partial charge is 0.147 e. The fourth-order valence-electron chi connectivity index (χ4n) is 3.21. The van der Waals surface area contributed by atoms with Crippen LogP contribution in [0.4, 0.5) is 4.39 Å². The minimum absolute atomic E-state index is 0.0494. The highest BCUT2D eigenvalue weighted by Gasteiger charge is 2.29. The van der Waals surface area contributed by atoms with Crippen molar-refractivity contribution in [3.63, 3.8) is 0 Å². The van der Waals surface area contributed by atoms with Crippen molar-refractivity contribution in [1.82, 2.24) is 5.32 Å². The second kappa shape index (κ2) is 6.55. The molecule has 1 aliphatic rings. The molecule has 4 heteroatoms. The van der Waals surface area contributed by atoms with Gasteiger partial charge in [0, 0.05) is 16.1 Å². The van der Waals surface area contributed by atoms with Gasteiger partial charge in [0.1, 0.15) is 5.82 Å². The van der Waals surface area contributed by atoms with Crippen molar-refractivity contribution in [2.45, 2.75) is 38.6 Å². The largest absolute Gasteiger partial charge is 0.313 e. The highest BCUT2D eigenvalue weighted by Crippen LogP contribution is 2.39. The van der Waals surface area contributed by atoms with Gasteiger partial charge in [-0.25, -0.2) is 4.39 Å². The Morgan fingerprint density at radius 3 is 2.79 bits per heavy atom. The molecule has 0 spiro atoms. The Morgan fingerprint density at radius 2 is 2.16 bits per heavy atom. The molecule has 0 bridgehead atoms. The summed E-state index contributed by atoms with van der Waals surface area (Å²) in [4.78, 5) is 0. The average molecular weight is 349 g/mol. The quantitative estimate of drug-likeness (QED) is 0.728. The molecule has 106 valence electrons. The van der Waals surface area contributed by atoms with Gasteiger partial charge in [0.15, 0.2) is 0 Å². The van der Waals surface area contributed by atoms with Crippen molar-refractivity contribution in [3.05, 3.63) is 33.0 Å². The second-order valence-electron chi connectivity index (χ2n) is 5.56. The lowest BCUT2D eigenvalue weighted by atomic mass is 9.76. The van der Waals surface area contributed by atoms with Gasteiger partial charge in [-0.15, -0.1) is 0 Å². The summed E-state index contributed by atoms with van der Waals surface area (Å²) in [5.74, 6) is 0.915. The fourth-order valence-corrected chi connectivity index (χ4v) is 3.69. The number of rotatable bonds is 3. The van der Waals surface area contributed by atoms with E-state index in [1.807, 2.05) is 19.2 Å². The van der Waals surface area contributed by atoms with E-state index in [4.69, 9.17) is 11.6 Å². The van der Waals surface area contributed by atoms with E-state index in [0.717, 1.165) is 18.8 Å². The first-order chi connectivity index (χ1) is 9.04. The average Bonchev–Trinajstić information content (AvgIpc) is 2.40. The third-order valence-corrected chi connectivity index (χ3v) is 5.42. The first-order valence-corrected chi connectivity index (χ1v) is 8.02. The van der Waals surface area contributed by atoms with Gasteiger partial charge >= 0.3 is 0 Å². The van der Waals surface area contributed by atoms with E-state index >= 15 is 0 Å². The summed E-state index contributed by atoms with van der Waals surface area (Å²) >= 11 is 9.27. The lowest BCUT2D eigenvalue weighted by molar-refractivity contribution is 0.227. The third-order valence-electron chi connectivity index (χ3n) is 4.16. The Labute approximate surface area is 128 Å². The van der Waals surface area contributed by atoms with E-state index < -0.39 is 0 Å². The predicted molar refractivity (Wildman–Crippen MR) is 82.0 cm³/mol. The van der Waals surface area contributed by atoms with E-state index in [9.17, 15) is 4.39 Å². The molecule has 19 heavy (non-hydrogen) atoms. The molecule has 1 aliphatic carbocycles. The van der Waals surface area contributed by atoms with Crippen LogP contribution in [0.15, 0.2) is 16.6 Å². The standard InChI is InChI=1S/C15H20BrClFN/c1-9-4-3-5-10(8-9)15(19-2)11-6-7-12(16)13(17)14(11)18/h6-7,9-10,15,19H,3-5,8H2,1-2H3. The SMILES string of the molecule is CNC(c1ccc(Br)c(Cl)c1F)C1CCCC(C)C1. The maximum Gasteiger partial charge on any atom is 0.147 e. The molecule has 3 unspecified atom stereocenters. The summed E-state index contributed by atoms with van der Waals surface area (Å²) in [6.45, 7) is 2.28. The number of benzene rings is 1. The van der Waals surface area contributed by atoms with E-state index in [1.165, 1.54) is 12.8 Å². The summed E-state index contributed by atoms with van der Waals surface area (Å²) in [5.41, 5.74) is 0.690. The van der Waals surface area contributed by atoms with E-state index in [-0.39, 0.29) is 16.9 Å². The van der Waals surface area contributed by atoms with Crippen molar-refractivity contribution < 1.29 is 4.39 Å². The lowest BCUT2D eigenvalue weighted by Crippen LogP contribution is -2.29. The van der Waals surface area contributed by atoms with Crippen LogP contribution in [0.3, 0.4) is 0 Å². The molecule has 1 nitrogen and oxygen atoms in total. The van der Waals surface area contributed by atoms with E-state index in [0.29, 0.717) is 16.0 Å². The summed E-state index contributed by atoms with van der Waals surface area (Å²) in [7, 11) is 1.90. The van der Waals surface area contributed by atoms with Gasteiger partial charge in [-0.3, -0.25) is 0 Å². The summed E-state index contributed by atoms with van der Waals surface area (Å²) in [6, 6.07) is 3.72. The maximum atomic E-state index is 14.3. The van der Waals surface area contributed by atoms with Crippen molar-refractivity contribution in [2.75, 3.05) is 7.05 Å². The zero-order valence-electron chi connectivity index (χ0n) is 11.3. The normalized spacial score (nSPS) is 25.3. The maximum absolute atomic E-state index is 14.3. The zero-order valence-corrected chi connectivity index (χ0v) is 13.7. The third kappa shape index (κ3) is 3.32. The molecular formula is C15H20BrClFN.